The van der Waals surface area contributed by atoms with E-state index in [1.54, 1.807) is 48.5 Å². The summed E-state index contributed by atoms with van der Waals surface area (Å²) < 4.78 is 6.27. The first-order valence-corrected chi connectivity index (χ1v) is 13.1. The molecule has 3 aromatic rings. The number of nitrogens with zero attached hydrogens (tertiary/aromatic N) is 2. The van der Waals surface area contributed by atoms with Gasteiger partial charge in [-0.05, 0) is 81.3 Å². The standard InChI is InChI=1S/C25H16BrCl2N3O6S/c26-17-9-15(10-19(28)23(17)37-13-14-5-7-16(8-6-14)31(35)36)11-21-24(33)30(25(34)38-21)12-22(32)29-20-4-2-1-3-18(20)27/h1-11H,12-13H2,(H,29,32)/b21-11+. The Morgan fingerprint density at radius 2 is 1.82 bits per heavy atom. The highest BCUT2D eigenvalue weighted by atomic mass is 79.9. The lowest BCUT2D eigenvalue weighted by Crippen LogP contribution is -2.36. The number of benzene rings is 3. The second-order valence-corrected chi connectivity index (χ2v) is 10.5. The zero-order valence-electron chi connectivity index (χ0n) is 19.2. The van der Waals surface area contributed by atoms with E-state index < -0.39 is 28.5 Å². The van der Waals surface area contributed by atoms with Crippen LogP contribution in [0.2, 0.25) is 10.0 Å². The van der Waals surface area contributed by atoms with Crippen LogP contribution in [0.25, 0.3) is 6.08 Å². The number of hydrogen-bond acceptors (Lipinski definition) is 7. The molecule has 9 nitrogen and oxygen atoms in total. The van der Waals surface area contributed by atoms with Crippen molar-refractivity contribution in [1.29, 1.82) is 0 Å². The van der Waals surface area contributed by atoms with Crippen molar-refractivity contribution in [1.82, 2.24) is 4.90 Å². The molecule has 0 bridgehead atoms. The molecule has 1 fully saturated rings. The van der Waals surface area contributed by atoms with Crippen molar-refractivity contribution < 1.29 is 24.0 Å². The fourth-order valence-electron chi connectivity index (χ4n) is 3.35. The van der Waals surface area contributed by atoms with Gasteiger partial charge in [-0.1, -0.05) is 35.3 Å². The van der Waals surface area contributed by atoms with Gasteiger partial charge in [-0.3, -0.25) is 29.4 Å². The van der Waals surface area contributed by atoms with Crippen LogP contribution in [0.5, 0.6) is 5.75 Å². The monoisotopic (exact) mass is 635 g/mol. The molecule has 3 aromatic carbocycles. The van der Waals surface area contributed by atoms with Crippen LogP contribution >= 0.6 is 50.9 Å². The normalized spacial score (nSPS) is 14.2. The van der Waals surface area contributed by atoms with Crippen LogP contribution in [-0.2, 0) is 16.2 Å². The number of non-ortho nitro benzene ring substituents is 1. The topological polar surface area (TPSA) is 119 Å². The number of para-hydroxylation sites is 1. The minimum atomic E-state index is -0.611. The Hall–Kier alpha value is -3.38. The van der Waals surface area contributed by atoms with Gasteiger partial charge in [0.25, 0.3) is 16.8 Å². The minimum Gasteiger partial charge on any atom is -0.486 e. The average Bonchev–Trinajstić information content (AvgIpc) is 3.12. The molecular formula is C25H16BrCl2N3O6S. The van der Waals surface area contributed by atoms with Gasteiger partial charge >= 0.3 is 0 Å². The Balaban J connectivity index is 1.43. The molecule has 0 aromatic heterocycles. The van der Waals surface area contributed by atoms with E-state index in [4.69, 9.17) is 27.9 Å². The molecule has 0 radical (unpaired) electrons. The molecular weight excluding hydrogens is 621 g/mol. The summed E-state index contributed by atoms with van der Waals surface area (Å²) in [5.74, 6) is -0.839. The molecule has 1 saturated heterocycles. The summed E-state index contributed by atoms with van der Waals surface area (Å²) in [6.07, 6.45) is 1.49. The maximum atomic E-state index is 12.8. The van der Waals surface area contributed by atoms with Crippen molar-refractivity contribution in [2.45, 2.75) is 6.61 Å². The number of anilines is 1. The number of amides is 3. The first-order valence-electron chi connectivity index (χ1n) is 10.8. The molecule has 1 heterocycles. The average molecular weight is 637 g/mol. The van der Waals surface area contributed by atoms with E-state index in [9.17, 15) is 24.5 Å². The van der Waals surface area contributed by atoms with Gasteiger partial charge in [-0.25, -0.2) is 0 Å². The predicted octanol–water partition coefficient (Wildman–Crippen LogP) is 6.92. The van der Waals surface area contributed by atoms with E-state index in [-0.39, 0.29) is 22.2 Å². The zero-order chi connectivity index (χ0) is 27.4. The van der Waals surface area contributed by atoms with Gasteiger partial charge in [-0.15, -0.1) is 0 Å². The van der Waals surface area contributed by atoms with Crippen molar-refractivity contribution in [3.8, 4) is 5.75 Å². The van der Waals surface area contributed by atoms with Gasteiger partial charge in [0.05, 0.1) is 30.0 Å². The summed E-state index contributed by atoms with van der Waals surface area (Å²) in [4.78, 5) is 49.0. The third-order valence-corrected chi connectivity index (χ3v) is 7.28. The molecule has 1 N–H and O–H groups in total. The Morgan fingerprint density at radius 3 is 2.47 bits per heavy atom. The lowest BCUT2D eigenvalue weighted by Gasteiger charge is -2.13. The fourth-order valence-corrected chi connectivity index (χ4v) is 5.36. The molecule has 38 heavy (non-hydrogen) atoms. The second-order valence-electron chi connectivity index (χ2n) is 7.82. The summed E-state index contributed by atoms with van der Waals surface area (Å²) >= 11 is 16.5. The molecule has 0 unspecified atom stereocenters. The molecule has 194 valence electrons. The van der Waals surface area contributed by atoms with Crippen LogP contribution in [0.3, 0.4) is 0 Å². The van der Waals surface area contributed by atoms with Crippen molar-refractivity contribution in [2.75, 3.05) is 11.9 Å². The van der Waals surface area contributed by atoms with E-state index in [0.717, 1.165) is 4.90 Å². The largest absolute Gasteiger partial charge is 0.486 e. The summed E-state index contributed by atoms with van der Waals surface area (Å²) in [6.45, 7) is -0.349. The minimum absolute atomic E-state index is 0.0250. The number of nitro groups is 1. The SMILES string of the molecule is O=C(CN1C(=O)S/C(=C/c2cc(Cl)c(OCc3ccc([N+](=O)[O-])cc3)c(Br)c2)C1=O)Nc1ccccc1Cl. The lowest BCUT2D eigenvalue weighted by molar-refractivity contribution is -0.384. The zero-order valence-corrected chi connectivity index (χ0v) is 23.1. The number of carbonyl (C=O) groups excluding carboxylic acids is 3. The Labute approximate surface area is 239 Å². The third-order valence-electron chi connectivity index (χ3n) is 5.17. The number of nitrogens with one attached hydrogen (secondary N) is 1. The van der Waals surface area contributed by atoms with Crippen LogP contribution < -0.4 is 10.1 Å². The maximum absolute atomic E-state index is 12.8. The summed E-state index contributed by atoms with van der Waals surface area (Å²) in [5, 5.41) is 13.4. The number of carbonyl (C=O) groups is 3. The third kappa shape index (κ3) is 6.54. The number of imide groups is 1. The first-order chi connectivity index (χ1) is 18.1. The van der Waals surface area contributed by atoms with E-state index in [1.165, 1.54) is 18.2 Å². The van der Waals surface area contributed by atoms with Gasteiger partial charge in [0.1, 0.15) is 13.2 Å². The van der Waals surface area contributed by atoms with Gasteiger partial charge in [0.2, 0.25) is 5.91 Å². The van der Waals surface area contributed by atoms with E-state index >= 15 is 0 Å². The van der Waals surface area contributed by atoms with E-state index in [1.807, 2.05) is 0 Å². The smallest absolute Gasteiger partial charge is 0.294 e. The van der Waals surface area contributed by atoms with Crippen LogP contribution in [-0.4, -0.2) is 33.4 Å². The number of hydrogen-bond donors (Lipinski definition) is 1. The Kier molecular flexibility index (Phi) is 8.72. The predicted molar refractivity (Wildman–Crippen MR) is 149 cm³/mol. The maximum Gasteiger partial charge on any atom is 0.294 e. The molecule has 1 aliphatic rings. The van der Waals surface area contributed by atoms with Crippen LogP contribution in [0.4, 0.5) is 16.2 Å². The molecule has 0 atom stereocenters. The van der Waals surface area contributed by atoms with Crippen molar-refractivity contribution in [3.63, 3.8) is 0 Å². The number of ether oxygens (including phenoxy) is 1. The van der Waals surface area contributed by atoms with E-state index in [0.29, 0.717) is 43.8 Å². The Bertz CT molecular complexity index is 1460. The van der Waals surface area contributed by atoms with Crippen molar-refractivity contribution in [3.05, 3.63) is 101 Å². The fraction of sp³-hybridized carbons (Fsp3) is 0.0800. The summed E-state index contributed by atoms with van der Waals surface area (Å²) in [7, 11) is 0. The van der Waals surface area contributed by atoms with Gasteiger partial charge in [0.15, 0.2) is 5.75 Å². The number of nitro benzene ring substituents is 1. The summed E-state index contributed by atoms with van der Waals surface area (Å²) in [5.41, 5.74) is 1.57. The molecule has 13 heteroatoms. The van der Waals surface area contributed by atoms with Crippen LogP contribution in [0.1, 0.15) is 11.1 Å². The van der Waals surface area contributed by atoms with Crippen LogP contribution in [0, 0.1) is 10.1 Å². The molecule has 0 spiro atoms. The van der Waals surface area contributed by atoms with Crippen molar-refractivity contribution >= 4 is 85.4 Å². The van der Waals surface area contributed by atoms with Gasteiger partial charge < -0.3 is 10.1 Å². The summed E-state index contributed by atoms with van der Waals surface area (Å²) in [6, 6.07) is 15.8. The van der Waals surface area contributed by atoms with Crippen LogP contribution in [0.15, 0.2) is 70.0 Å². The molecule has 0 aliphatic carbocycles. The molecule has 3 amide bonds. The first kappa shape index (κ1) is 27.6. The lowest BCUT2D eigenvalue weighted by atomic mass is 10.2. The number of rotatable bonds is 8. The van der Waals surface area contributed by atoms with Crippen molar-refractivity contribution in [2.24, 2.45) is 0 Å². The van der Waals surface area contributed by atoms with E-state index in [2.05, 4.69) is 21.2 Å². The number of halogens is 3. The molecule has 4 rings (SSSR count). The molecule has 1 aliphatic heterocycles. The van der Waals surface area contributed by atoms with Gasteiger partial charge in [-0.2, -0.15) is 0 Å². The highest BCUT2D eigenvalue weighted by Crippen LogP contribution is 2.38. The molecule has 0 saturated carbocycles. The van der Waals surface area contributed by atoms with Gasteiger partial charge in [0, 0.05) is 12.1 Å². The Morgan fingerprint density at radius 1 is 1.11 bits per heavy atom. The highest BCUT2D eigenvalue weighted by molar-refractivity contribution is 9.10. The second kappa shape index (κ2) is 12.0. The number of thioether (sulfide) groups is 1. The highest BCUT2D eigenvalue weighted by Gasteiger charge is 2.36. The quantitative estimate of drug-likeness (QED) is 0.162.